The van der Waals surface area contributed by atoms with Crippen molar-refractivity contribution in [3.63, 3.8) is 0 Å². The SMILES string of the molecule is CCCC1(c2nc(N3CCCC3)no2)CCNC1. The molecule has 0 spiro atoms. The predicted octanol–water partition coefficient (Wildman–Crippen LogP) is 1.70. The zero-order valence-corrected chi connectivity index (χ0v) is 11.1. The summed E-state index contributed by atoms with van der Waals surface area (Å²) in [6.07, 6.45) is 5.88. The molecule has 0 saturated carbocycles. The highest BCUT2D eigenvalue weighted by Crippen LogP contribution is 2.35. The zero-order chi connectivity index (χ0) is 12.4. The molecule has 2 aliphatic heterocycles. The van der Waals surface area contributed by atoms with Crippen LogP contribution in [0.15, 0.2) is 4.52 Å². The molecule has 1 atom stereocenters. The molecule has 5 nitrogen and oxygen atoms in total. The van der Waals surface area contributed by atoms with Crippen molar-refractivity contribution in [2.75, 3.05) is 31.1 Å². The maximum absolute atomic E-state index is 5.57. The molecule has 18 heavy (non-hydrogen) atoms. The topological polar surface area (TPSA) is 54.2 Å². The molecule has 0 radical (unpaired) electrons. The van der Waals surface area contributed by atoms with Crippen LogP contribution in [0.3, 0.4) is 0 Å². The van der Waals surface area contributed by atoms with E-state index in [1.807, 2.05) is 0 Å². The minimum atomic E-state index is 0.0831. The fourth-order valence-electron chi connectivity index (χ4n) is 3.20. The summed E-state index contributed by atoms with van der Waals surface area (Å²) in [6.45, 7) is 6.39. The van der Waals surface area contributed by atoms with Gasteiger partial charge in [-0.3, -0.25) is 0 Å². The first-order valence-corrected chi connectivity index (χ1v) is 7.14. The van der Waals surface area contributed by atoms with Gasteiger partial charge in [0.2, 0.25) is 5.89 Å². The largest absolute Gasteiger partial charge is 0.338 e. The Morgan fingerprint density at radius 2 is 2.22 bits per heavy atom. The van der Waals surface area contributed by atoms with Crippen LogP contribution in [0.5, 0.6) is 0 Å². The first-order valence-electron chi connectivity index (χ1n) is 7.14. The van der Waals surface area contributed by atoms with Crippen molar-refractivity contribution in [3.8, 4) is 0 Å². The van der Waals surface area contributed by atoms with E-state index in [1.54, 1.807) is 0 Å². The van der Waals surface area contributed by atoms with E-state index in [1.165, 1.54) is 12.8 Å². The lowest BCUT2D eigenvalue weighted by atomic mass is 9.82. The first-order chi connectivity index (χ1) is 8.84. The Morgan fingerprint density at radius 1 is 1.39 bits per heavy atom. The van der Waals surface area contributed by atoms with Crippen LogP contribution in [0.4, 0.5) is 5.95 Å². The van der Waals surface area contributed by atoms with Gasteiger partial charge in [0.25, 0.3) is 5.95 Å². The second-order valence-corrected chi connectivity index (χ2v) is 5.55. The molecule has 3 rings (SSSR count). The third kappa shape index (κ3) is 2.00. The zero-order valence-electron chi connectivity index (χ0n) is 11.1. The summed E-state index contributed by atoms with van der Waals surface area (Å²) in [5.41, 5.74) is 0.0831. The molecule has 1 aromatic rings. The molecule has 0 aliphatic carbocycles. The van der Waals surface area contributed by atoms with Crippen molar-refractivity contribution in [2.24, 2.45) is 0 Å². The predicted molar refractivity (Wildman–Crippen MR) is 69.8 cm³/mol. The van der Waals surface area contributed by atoms with Gasteiger partial charge in [-0.15, -0.1) is 0 Å². The van der Waals surface area contributed by atoms with E-state index < -0.39 is 0 Å². The maximum atomic E-state index is 5.57. The number of hydrogen-bond donors (Lipinski definition) is 1. The van der Waals surface area contributed by atoms with Crippen molar-refractivity contribution >= 4 is 5.95 Å². The average Bonchev–Trinajstić information content (AvgIpc) is 3.11. The highest BCUT2D eigenvalue weighted by molar-refractivity contribution is 5.30. The van der Waals surface area contributed by atoms with E-state index in [0.29, 0.717) is 0 Å². The summed E-state index contributed by atoms with van der Waals surface area (Å²) in [5, 5.41) is 7.62. The van der Waals surface area contributed by atoms with Gasteiger partial charge in [0, 0.05) is 19.6 Å². The van der Waals surface area contributed by atoms with Gasteiger partial charge >= 0.3 is 0 Å². The normalized spacial score (nSPS) is 28.2. The molecule has 1 unspecified atom stereocenters. The molecule has 1 aromatic heterocycles. The molecule has 2 saturated heterocycles. The maximum Gasteiger partial charge on any atom is 0.266 e. The lowest BCUT2D eigenvalue weighted by Crippen LogP contribution is -2.29. The lowest BCUT2D eigenvalue weighted by molar-refractivity contribution is 0.277. The van der Waals surface area contributed by atoms with Crippen LogP contribution < -0.4 is 10.2 Å². The molecule has 0 amide bonds. The summed E-state index contributed by atoms with van der Waals surface area (Å²) in [4.78, 5) is 6.90. The first kappa shape index (κ1) is 12.0. The molecule has 100 valence electrons. The smallest absolute Gasteiger partial charge is 0.266 e. The van der Waals surface area contributed by atoms with Gasteiger partial charge in [-0.25, -0.2) is 0 Å². The van der Waals surface area contributed by atoms with Crippen molar-refractivity contribution < 1.29 is 4.52 Å². The van der Waals surface area contributed by atoms with Crippen molar-refractivity contribution in [2.45, 2.75) is 44.4 Å². The van der Waals surface area contributed by atoms with Crippen molar-refractivity contribution in [3.05, 3.63) is 5.89 Å². The molecule has 5 heteroatoms. The second kappa shape index (κ2) is 4.88. The fourth-order valence-corrected chi connectivity index (χ4v) is 3.20. The average molecular weight is 250 g/mol. The Kier molecular flexibility index (Phi) is 3.24. The number of nitrogens with one attached hydrogen (secondary N) is 1. The summed E-state index contributed by atoms with van der Waals surface area (Å²) in [5.74, 6) is 1.64. The molecule has 0 aromatic carbocycles. The van der Waals surface area contributed by atoms with Gasteiger partial charge in [-0.1, -0.05) is 13.3 Å². The molecule has 0 bridgehead atoms. The van der Waals surface area contributed by atoms with Crippen LogP contribution in [-0.2, 0) is 5.41 Å². The van der Waals surface area contributed by atoms with Crippen LogP contribution >= 0.6 is 0 Å². The number of hydrogen-bond acceptors (Lipinski definition) is 5. The van der Waals surface area contributed by atoms with Crippen LogP contribution in [0, 0.1) is 0 Å². The lowest BCUT2D eigenvalue weighted by Gasteiger charge is -2.22. The molecule has 3 heterocycles. The summed E-state index contributed by atoms with van der Waals surface area (Å²) in [7, 11) is 0. The number of nitrogens with zero attached hydrogens (tertiary/aromatic N) is 3. The van der Waals surface area contributed by atoms with Gasteiger partial charge in [0.1, 0.15) is 0 Å². The van der Waals surface area contributed by atoms with E-state index in [-0.39, 0.29) is 5.41 Å². The highest BCUT2D eigenvalue weighted by atomic mass is 16.5. The minimum Gasteiger partial charge on any atom is -0.338 e. The fraction of sp³-hybridized carbons (Fsp3) is 0.846. The third-order valence-corrected chi connectivity index (χ3v) is 4.23. The molecular weight excluding hydrogens is 228 g/mol. The highest BCUT2D eigenvalue weighted by Gasteiger charge is 2.40. The van der Waals surface area contributed by atoms with E-state index in [9.17, 15) is 0 Å². The van der Waals surface area contributed by atoms with E-state index >= 15 is 0 Å². The van der Waals surface area contributed by atoms with Gasteiger partial charge in [0.05, 0.1) is 5.41 Å². The van der Waals surface area contributed by atoms with Gasteiger partial charge < -0.3 is 14.7 Å². The van der Waals surface area contributed by atoms with Gasteiger partial charge in [0.15, 0.2) is 0 Å². The Morgan fingerprint density at radius 3 is 2.89 bits per heavy atom. The standard InChI is InChI=1S/C13H22N4O/c1-2-5-13(6-7-14-10-13)11-15-12(16-18-11)17-8-3-4-9-17/h14H,2-10H2,1H3. The van der Waals surface area contributed by atoms with Crippen LogP contribution in [0.1, 0.15) is 44.9 Å². The van der Waals surface area contributed by atoms with E-state index in [4.69, 9.17) is 4.52 Å². The number of aromatic nitrogens is 2. The molecule has 1 N–H and O–H groups in total. The number of anilines is 1. The molecule has 2 fully saturated rings. The van der Waals surface area contributed by atoms with Crippen LogP contribution in [0.25, 0.3) is 0 Å². The van der Waals surface area contributed by atoms with Gasteiger partial charge in [-0.05, 0) is 37.4 Å². The van der Waals surface area contributed by atoms with Gasteiger partial charge in [-0.2, -0.15) is 4.98 Å². The van der Waals surface area contributed by atoms with Crippen molar-refractivity contribution in [1.29, 1.82) is 0 Å². The Balaban J connectivity index is 1.82. The summed E-state index contributed by atoms with van der Waals surface area (Å²) in [6, 6.07) is 0. The minimum absolute atomic E-state index is 0.0831. The number of rotatable bonds is 4. The van der Waals surface area contributed by atoms with Crippen LogP contribution in [-0.4, -0.2) is 36.3 Å². The van der Waals surface area contributed by atoms with Crippen LogP contribution in [0.2, 0.25) is 0 Å². The monoisotopic (exact) mass is 250 g/mol. The summed E-state index contributed by atoms with van der Waals surface area (Å²) < 4.78 is 5.57. The Labute approximate surface area is 108 Å². The third-order valence-electron chi connectivity index (χ3n) is 4.23. The van der Waals surface area contributed by atoms with E-state index in [2.05, 4.69) is 27.3 Å². The Bertz CT molecular complexity index is 391. The molecular formula is C13H22N4O. The van der Waals surface area contributed by atoms with E-state index in [0.717, 1.165) is 57.3 Å². The second-order valence-electron chi connectivity index (χ2n) is 5.55. The molecule has 2 aliphatic rings. The quantitative estimate of drug-likeness (QED) is 0.881. The Hall–Kier alpha value is -1.10. The van der Waals surface area contributed by atoms with Crippen molar-refractivity contribution in [1.82, 2.24) is 15.5 Å². The summed E-state index contributed by atoms with van der Waals surface area (Å²) >= 11 is 0.